The van der Waals surface area contributed by atoms with Crippen molar-refractivity contribution < 1.29 is 17.6 Å². The lowest BCUT2D eigenvalue weighted by atomic mass is 10.2. The largest absolute Gasteiger partial charge is 0.468 e. The number of nitrogens with one attached hydrogen (secondary N) is 1. The van der Waals surface area contributed by atoms with Crippen LogP contribution in [0, 0.1) is 6.92 Å². The van der Waals surface area contributed by atoms with Gasteiger partial charge in [-0.15, -0.1) is 0 Å². The summed E-state index contributed by atoms with van der Waals surface area (Å²) in [5.74, 6) is 0.548. The van der Waals surface area contributed by atoms with Crippen molar-refractivity contribution in [2.75, 3.05) is 32.0 Å². The number of furan rings is 1. The van der Waals surface area contributed by atoms with Crippen LogP contribution in [0.4, 0.5) is 5.69 Å². The minimum atomic E-state index is -3.59. The maximum atomic E-state index is 12.8. The number of likely N-dealkylation sites (N-methyl/N-ethyl adjacent to an activating group) is 1. The van der Waals surface area contributed by atoms with Crippen LogP contribution in [0.2, 0.25) is 0 Å². The summed E-state index contributed by atoms with van der Waals surface area (Å²) in [6.07, 6.45) is 1.59. The Hall–Kier alpha value is -2.16. The molecule has 148 valence electrons. The van der Waals surface area contributed by atoms with E-state index in [0.717, 1.165) is 5.76 Å². The molecule has 0 radical (unpaired) electrons. The van der Waals surface area contributed by atoms with E-state index in [1.165, 1.54) is 10.4 Å². The van der Waals surface area contributed by atoms with E-state index < -0.39 is 10.0 Å². The molecule has 27 heavy (non-hydrogen) atoms. The Morgan fingerprint density at radius 2 is 1.89 bits per heavy atom. The average molecular weight is 394 g/mol. The third-order valence-corrected chi connectivity index (χ3v) is 6.41. The summed E-state index contributed by atoms with van der Waals surface area (Å²) >= 11 is 0. The van der Waals surface area contributed by atoms with Crippen molar-refractivity contribution >= 4 is 21.6 Å². The first-order valence-corrected chi connectivity index (χ1v) is 10.3. The molecule has 0 fully saturated rings. The molecule has 1 heterocycles. The van der Waals surface area contributed by atoms with E-state index in [1.54, 1.807) is 45.2 Å². The van der Waals surface area contributed by atoms with E-state index >= 15 is 0 Å². The van der Waals surface area contributed by atoms with Crippen LogP contribution in [0.5, 0.6) is 0 Å². The molecule has 0 atom stereocenters. The number of carbonyl (C=O) groups excluding carboxylic acids is 1. The van der Waals surface area contributed by atoms with E-state index in [4.69, 9.17) is 4.42 Å². The molecule has 0 aliphatic heterocycles. The first kappa shape index (κ1) is 21.1. The van der Waals surface area contributed by atoms with Gasteiger partial charge in [-0.2, -0.15) is 4.31 Å². The van der Waals surface area contributed by atoms with Gasteiger partial charge in [0.05, 0.1) is 24.2 Å². The van der Waals surface area contributed by atoms with E-state index in [0.29, 0.717) is 30.9 Å². The molecular weight excluding hydrogens is 366 g/mol. The van der Waals surface area contributed by atoms with Crippen molar-refractivity contribution in [2.24, 2.45) is 0 Å². The number of rotatable bonds is 9. The molecule has 0 aliphatic rings. The maximum absolute atomic E-state index is 12.8. The Kier molecular flexibility index (Phi) is 7.18. The lowest BCUT2D eigenvalue weighted by Crippen LogP contribution is -2.31. The van der Waals surface area contributed by atoms with Gasteiger partial charge in [-0.05, 0) is 43.8 Å². The molecule has 0 aliphatic carbocycles. The molecule has 8 heteroatoms. The molecule has 1 amide bonds. The average Bonchev–Trinajstić information content (AvgIpc) is 3.09. The summed E-state index contributed by atoms with van der Waals surface area (Å²) < 4.78 is 32.3. The number of amides is 1. The Labute approximate surface area is 161 Å². The SMILES string of the molecule is CCN(CC)S(=O)(=O)c1cc(NC(=O)CN(C)Cc2ccco2)ccc1C. The number of hydrogen-bond acceptors (Lipinski definition) is 5. The number of nitrogens with zero attached hydrogens (tertiary/aromatic N) is 2. The van der Waals surface area contributed by atoms with Gasteiger partial charge in [0.25, 0.3) is 0 Å². The quantitative estimate of drug-likeness (QED) is 0.708. The Balaban J connectivity index is 2.10. The van der Waals surface area contributed by atoms with Gasteiger partial charge in [0, 0.05) is 18.8 Å². The van der Waals surface area contributed by atoms with Crippen LogP contribution in [-0.4, -0.2) is 50.2 Å². The topological polar surface area (TPSA) is 82.9 Å². The smallest absolute Gasteiger partial charge is 0.243 e. The number of carbonyl (C=O) groups is 1. The fraction of sp³-hybridized carbons (Fsp3) is 0.421. The Morgan fingerprint density at radius 3 is 2.48 bits per heavy atom. The van der Waals surface area contributed by atoms with Gasteiger partial charge in [0.1, 0.15) is 5.76 Å². The van der Waals surface area contributed by atoms with Gasteiger partial charge in [0.2, 0.25) is 15.9 Å². The van der Waals surface area contributed by atoms with Gasteiger partial charge in [-0.3, -0.25) is 9.69 Å². The van der Waals surface area contributed by atoms with E-state index in [2.05, 4.69) is 5.32 Å². The van der Waals surface area contributed by atoms with Crippen molar-refractivity contribution in [3.8, 4) is 0 Å². The highest BCUT2D eigenvalue weighted by Crippen LogP contribution is 2.23. The number of benzene rings is 1. The predicted octanol–water partition coefficient (Wildman–Crippen LogP) is 2.69. The fourth-order valence-corrected chi connectivity index (χ4v) is 4.54. The zero-order chi connectivity index (χ0) is 20.0. The van der Waals surface area contributed by atoms with Crippen molar-refractivity contribution in [1.29, 1.82) is 0 Å². The maximum Gasteiger partial charge on any atom is 0.243 e. The highest BCUT2D eigenvalue weighted by molar-refractivity contribution is 7.89. The zero-order valence-electron chi connectivity index (χ0n) is 16.2. The Morgan fingerprint density at radius 1 is 1.19 bits per heavy atom. The zero-order valence-corrected chi connectivity index (χ0v) is 17.0. The summed E-state index contributed by atoms with van der Waals surface area (Å²) in [5, 5.41) is 2.77. The van der Waals surface area contributed by atoms with Crippen molar-refractivity contribution in [2.45, 2.75) is 32.2 Å². The van der Waals surface area contributed by atoms with Gasteiger partial charge < -0.3 is 9.73 Å². The molecule has 7 nitrogen and oxygen atoms in total. The molecule has 2 rings (SSSR count). The summed E-state index contributed by atoms with van der Waals surface area (Å²) in [6, 6.07) is 8.58. The summed E-state index contributed by atoms with van der Waals surface area (Å²) in [5.41, 5.74) is 1.11. The third-order valence-electron chi connectivity index (χ3n) is 4.21. The molecule has 0 spiro atoms. The standard InChI is InChI=1S/C19H27N3O4S/c1-5-22(6-2)27(24,25)18-12-16(10-9-15(18)3)20-19(23)14-21(4)13-17-8-7-11-26-17/h7-12H,5-6,13-14H2,1-4H3,(H,20,23). The minimum Gasteiger partial charge on any atom is -0.468 e. The highest BCUT2D eigenvalue weighted by Gasteiger charge is 2.24. The van der Waals surface area contributed by atoms with Crippen LogP contribution in [0.25, 0.3) is 0 Å². The van der Waals surface area contributed by atoms with E-state index in [-0.39, 0.29) is 17.3 Å². The first-order valence-electron chi connectivity index (χ1n) is 8.89. The number of aryl methyl sites for hydroxylation is 1. The fourth-order valence-electron chi connectivity index (χ4n) is 2.83. The lowest BCUT2D eigenvalue weighted by Gasteiger charge is -2.20. The molecule has 0 saturated carbocycles. The number of hydrogen-bond donors (Lipinski definition) is 1. The van der Waals surface area contributed by atoms with Crippen molar-refractivity contribution in [3.63, 3.8) is 0 Å². The minimum absolute atomic E-state index is 0.159. The summed E-state index contributed by atoms with van der Waals surface area (Å²) in [4.78, 5) is 14.3. The first-order chi connectivity index (χ1) is 12.8. The van der Waals surface area contributed by atoms with Crippen LogP contribution in [-0.2, 0) is 21.4 Å². The second-order valence-corrected chi connectivity index (χ2v) is 8.28. The Bertz CT molecular complexity index is 859. The predicted molar refractivity (Wildman–Crippen MR) is 105 cm³/mol. The summed E-state index contributed by atoms with van der Waals surface area (Å²) in [6.45, 7) is 6.81. The molecule has 0 unspecified atom stereocenters. The molecule has 0 saturated heterocycles. The van der Waals surface area contributed by atoms with Crippen LogP contribution in [0.3, 0.4) is 0 Å². The highest BCUT2D eigenvalue weighted by atomic mass is 32.2. The van der Waals surface area contributed by atoms with Crippen LogP contribution in [0.15, 0.2) is 45.9 Å². The van der Waals surface area contributed by atoms with Gasteiger partial charge in [0.15, 0.2) is 0 Å². The second-order valence-electron chi connectivity index (χ2n) is 6.37. The van der Waals surface area contributed by atoms with Gasteiger partial charge in [-0.25, -0.2) is 8.42 Å². The van der Waals surface area contributed by atoms with Gasteiger partial charge >= 0.3 is 0 Å². The number of anilines is 1. The van der Waals surface area contributed by atoms with Crippen LogP contribution < -0.4 is 5.32 Å². The lowest BCUT2D eigenvalue weighted by molar-refractivity contribution is -0.117. The van der Waals surface area contributed by atoms with Gasteiger partial charge in [-0.1, -0.05) is 19.9 Å². The molecular formula is C19H27N3O4S. The van der Waals surface area contributed by atoms with E-state index in [9.17, 15) is 13.2 Å². The normalized spacial score (nSPS) is 11.9. The van der Waals surface area contributed by atoms with Crippen molar-refractivity contribution in [3.05, 3.63) is 47.9 Å². The van der Waals surface area contributed by atoms with Crippen LogP contribution in [0.1, 0.15) is 25.2 Å². The van der Waals surface area contributed by atoms with Crippen LogP contribution >= 0.6 is 0 Å². The molecule has 1 N–H and O–H groups in total. The monoisotopic (exact) mass is 393 g/mol. The summed E-state index contributed by atoms with van der Waals surface area (Å²) in [7, 11) is -1.78. The molecule has 1 aromatic heterocycles. The van der Waals surface area contributed by atoms with Crippen molar-refractivity contribution in [1.82, 2.24) is 9.21 Å². The molecule has 1 aromatic carbocycles. The molecule has 2 aromatic rings. The second kappa shape index (κ2) is 9.16. The molecule has 0 bridgehead atoms. The third kappa shape index (κ3) is 5.41. The number of sulfonamides is 1. The van der Waals surface area contributed by atoms with E-state index in [1.807, 2.05) is 18.0 Å².